The van der Waals surface area contributed by atoms with Crippen LogP contribution >= 0.6 is 0 Å². The Hall–Kier alpha value is -3.15. The fraction of sp³-hybridized carbons (Fsp3) is 0.200. The summed E-state index contributed by atoms with van der Waals surface area (Å²) < 4.78 is 20.4. The van der Waals surface area contributed by atoms with E-state index in [1.807, 2.05) is 31.2 Å². The number of halogens is 1. The summed E-state index contributed by atoms with van der Waals surface area (Å²) in [5, 5.41) is 4.27. The zero-order chi connectivity index (χ0) is 18.5. The fourth-order valence-corrected chi connectivity index (χ4v) is 2.65. The van der Waals surface area contributed by atoms with Gasteiger partial charge in [0.15, 0.2) is 5.69 Å². The molecule has 0 spiro atoms. The highest BCUT2D eigenvalue weighted by Crippen LogP contribution is 2.20. The molecule has 0 bridgehead atoms. The summed E-state index contributed by atoms with van der Waals surface area (Å²) in [6.07, 6.45) is 1.64. The predicted molar refractivity (Wildman–Crippen MR) is 96.9 cm³/mol. The van der Waals surface area contributed by atoms with Gasteiger partial charge in [-0.15, -0.1) is 0 Å². The first-order chi connectivity index (χ1) is 12.6. The molecule has 3 aromatic rings. The third-order valence-corrected chi connectivity index (χ3v) is 3.91. The Labute approximate surface area is 151 Å². The summed E-state index contributed by atoms with van der Waals surface area (Å²) in [6, 6.07) is 15.3. The van der Waals surface area contributed by atoms with Gasteiger partial charge < -0.3 is 9.64 Å². The molecule has 1 heterocycles. The Bertz CT molecular complexity index is 907. The molecular formula is C20H20FN3O2. The van der Waals surface area contributed by atoms with Crippen LogP contribution in [0.3, 0.4) is 0 Å². The van der Waals surface area contributed by atoms with Gasteiger partial charge in [-0.2, -0.15) is 5.10 Å². The zero-order valence-electron chi connectivity index (χ0n) is 14.7. The van der Waals surface area contributed by atoms with Crippen molar-refractivity contribution in [3.8, 4) is 11.4 Å². The summed E-state index contributed by atoms with van der Waals surface area (Å²) in [4.78, 5) is 14.2. The lowest BCUT2D eigenvalue weighted by Gasteiger charge is -2.18. The number of aromatic nitrogens is 2. The fourth-order valence-electron chi connectivity index (χ4n) is 2.65. The van der Waals surface area contributed by atoms with Crippen molar-refractivity contribution in [3.63, 3.8) is 0 Å². The molecule has 134 valence electrons. The SMILES string of the molecule is CCOc1ccccc1CN(C)C(=O)c1ccn(-c2cccc(F)c2)n1. The number of para-hydroxylation sites is 1. The second-order valence-electron chi connectivity index (χ2n) is 5.83. The Morgan fingerprint density at radius 1 is 1.19 bits per heavy atom. The highest BCUT2D eigenvalue weighted by atomic mass is 19.1. The molecule has 6 heteroatoms. The maximum atomic E-state index is 13.4. The summed E-state index contributed by atoms with van der Waals surface area (Å²) in [7, 11) is 1.71. The summed E-state index contributed by atoms with van der Waals surface area (Å²) in [5.74, 6) is 0.196. The van der Waals surface area contributed by atoms with Crippen LogP contribution in [-0.4, -0.2) is 34.2 Å². The Kier molecular flexibility index (Phi) is 5.31. The van der Waals surface area contributed by atoms with E-state index in [4.69, 9.17) is 4.74 Å². The van der Waals surface area contributed by atoms with E-state index in [2.05, 4.69) is 5.10 Å². The topological polar surface area (TPSA) is 47.4 Å². The number of rotatable bonds is 6. The average molecular weight is 353 g/mol. The van der Waals surface area contributed by atoms with Gasteiger partial charge in [-0.1, -0.05) is 24.3 Å². The van der Waals surface area contributed by atoms with Gasteiger partial charge in [0, 0.05) is 25.4 Å². The van der Waals surface area contributed by atoms with E-state index in [0.29, 0.717) is 24.5 Å². The second-order valence-corrected chi connectivity index (χ2v) is 5.83. The third-order valence-electron chi connectivity index (χ3n) is 3.91. The molecule has 5 nitrogen and oxygen atoms in total. The van der Waals surface area contributed by atoms with Crippen LogP contribution in [0.25, 0.3) is 5.69 Å². The van der Waals surface area contributed by atoms with Gasteiger partial charge in [-0.05, 0) is 37.3 Å². The molecule has 0 aliphatic carbocycles. The Morgan fingerprint density at radius 2 is 2.00 bits per heavy atom. The van der Waals surface area contributed by atoms with E-state index in [1.165, 1.54) is 16.8 Å². The largest absolute Gasteiger partial charge is 0.494 e. The van der Waals surface area contributed by atoms with Crippen LogP contribution in [0.5, 0.6) is 5.75 Å². The van der Waals surface area contributed by atoms with Crippen LogP contribution < -0.4 is 4.74 Å². The predicted octanol–water partition coefficient (Wildman–Crippen LogP) is 3.68. The lowest BCUT2D eigenvalue weighted by atomic mass is 10.2. The van der Waals surface area contributed by atoms with Crippen molar-refractivity contribution >= 4 is 5.91 Å². The lowest BCUT2D eigenvalue weighted by molar-refractivity contribution is 0.0777. The van der Waals surface area contributed by atoms with Crippen molar-refractivity contribution in [2.45, 2.75) is 13.5 Å². The van der Waals surface area contributed by atoms with Gasteiger partial charge in [0.2, 0.25) is 0 Å². The van der Waals surface area contributed by atoms with E-state index < -0.39 is 0 Å². The summed E-state index contributed by atoms with van der Waals surface area (Å²) >= 11 is 0. The Balaban J connectivity index is 1.75. The maximum absolute atomic E-state index is 13.4. The standard InChI is InChI=1S/C20H20FN3O2/c1-3-26-19-10-5-4-7-15(19)14-23(2)20(25)18-11-12-24(22-18)17-9-6-8-16(21)13-17/h4-13H,3,14H2,1-2H3. The molecule has 0 aliphatic heterocycles. The van der Waals surface area contributed by atoms with Crippen LogP contribution in [0.4, 0.5) is 4.39 Å². The number of amides is 1. The number of ether oxygens (including phenoxy) is 1. The van der Waals surface area contributed by atoms with E-state index in [-0.39, 0.29) is 11.7 Å². The van der Waals surface area contributed by atoms with Crippen LogP contribution in [0, 0.1) is 5.82 Å². The summed E-state index contributed by atoms with van der Waals surface area (Å²) in [5.41, 5.74) is 1.79. The smallest absolute Gasteiger partial charge is 0.274 e. The molecule has 1 amide bonds. The van der Waals surface area contributed by atoms with Gasteiger partial charge in [-0.25, -0.2) is 9.07 Å². The van der Waals surface area contributed by atoms with E-state index in [1.54, 1.807) is 36.3 Å². The summed E-state index contributed by atoms with van der Waals surface area (Å²) in [6.45, 7) is 2.89. The molecule has 0 radical (unpaired) electrons. The van der Waals surface area contributed by atoms with Crippen LogP contribution in [-0.2, 0) is 6.54 Å². The monoisotopic (exact) mass is 353 g/mol. The van der Waals surface area contributed by atoms with Crippen LogP contribution in [0.2, 0.25) is 0 Å². The van der Waals surface area contributed by atoms with E-state index in [9.17, 15) is 9.18 Å². The minimum Gasteiger partial charge on any atom is -0.494 e. The van der Waals surface area contributed by atoms with Gasteiger partial charge in [-0.3, -0.25) is 4.79 Å². The van der Waals surface area contributed by atoms with E-state index in [0.717, 1.165) is 11.3 Å². The number of carbonyl (C=O) groups is 1. The second kappa shape index (κ2) is 7.82. The quantitative estimate of drug-likeness (QED) is 0.679. The highest BCUT2D eigenvalue weighted by molar-refractivity contribution is 5.92. The molecule has 0 aliphatic rings. The molecule has 0 N–H and O–H groups in total. The molecule has 0 unspecified atom stereocenters. The van der Waals surface area contributed by atoms with Gasteiger partial charge >= 0.3 is 0 Å². The molecule has 0 fully saturated rings. The van der Waals surface area contributed by atoms with Gasteiger partial charge in [0.1, 0.15) is 11.6 Å². The third kappa shape index (κ3) is 3.91. The maximum Gasteiger partial charge on any atom is 0.274 e. The number of benzene rings is 2. The lowest BCUT2D eigenvalue weighted by Crippen LogP contribution is -2.27. The minimum absolute atomic E-state index is 0.216. The number of carbonyl (C=O) groups excluding carboxylic acids is 1. The first-order valence-electron chi connectivity index (χ1n) is 8.36. The Morgan fingerprint density at radius 3 is 2.77 bits per heavy atom. The number of hydrogen-bond donors (Lipinski definition) is 0. The van der Waals surface area contributed by atoms with Crippen LogP contribution in [0.1, 0.15) is 23.0 Å². The van der Waals surface area contributed by atoms with E-state index >= 15 is 0 Å². The normalized spacial score (nSPS) is 10.6. The van der Waals surface area contributed by atoms with Crippen LogP contribution in [0.15, 0.2) is 60.8 Å². The van der Waals surface area contributed by atoms with Crippen molar-refractivity contribution in [2.24, 2.45) is 0 Å². The molecule has 1 aromatic heterocycles. The van der Waals surface area contributed by atoms with Crippen molar-refractivity contribution in [2.75, 3.05) is 13.7 Å². The first-order valence-corrected chi connectivity index (χ1v) is 8.36. The van der Waals surface area contributed by atoms with Crippen molar-refractivity contribution in [1.29, 1.82) is 0 Å². The minimum atomic E-state index is -0.351. The molecule has 0 atom stereocenters. The first kappa shape index (κ1) is 17.7. The van der Waals surface area contributed by atoms with Crippen molar-refractivity contribution in [3.05, 3.63) is 77.9 Å². The van der Waals surface area contributed by atoms with Crippen molar-refractivity contribution < 1.29 is 13.9 Å². The number of nitrogens with zero attached hydrogens (tertiary/aromatic N) is 3. The molecular weight excluding hydrogens is 333 g/mol. The molecule has 0 saturated carbocycles. The molecule has 0 saturated heterocycles. The van der Waals surface area contributed by atoms with Crippen molar-refractivity contribution in [1.82, 2.24) is 14.7 Å². The van der Waals surface area contributed by atoms with Gasteiger partial charge in [0.25, 0.3) is 5.91 Å². The highest BCUT2D eigenvalue weighted by Gasteiger charge is 2.17. The average Bonchev–Trinajstić information content (AvgIpc) is 3.13. The molecule has 3 rings (SSSR count). The van der Waals surface area contributed by atoms with Gasteiger partial charge in [0.05, 0.1) is 12.3 Å². The molecule has 26 heavy (non-hydrogen) atoms. The number of hydrogen-bond acceptors (Lipinski definition) is 3. The molecule has 2 aromatic carbocycles. The zero-order valence-corrected chi connectivity index (χ0v) is 14.7.